The highest BCUT2D eigenvalue weighted by Crippen LogP contribution is 2.59. The Bertz CT molecular complexity index is 1450. The summed E-state index contributed by atoms with van der Waals surface area (Å²) in [4.78, 5) is 36.2. The van der Waals surface area contributed by atoms with Crippen molar-refractivity contribution in [3.05, 3.63) is 78.2 Å². The Kier molecular flexibility index (Phi) is 7.37. The van der Waals surface area contributed by atoms with Crippen molar-refractivity contribution < 1.29 is 14.7 Å². The summed E-state index contributed by atoms with van der Waals surface area (Å²) in [6.45, 7) is 10.4. The molecule has 39 heavy (non-hydrogen) atoms. The highest BCUT2D eigenvalue weighted by atomic mass is 16.4. The van der Waals surface area contributed by atoms with Crippen LogP contribution in [0.5, 0.6) is 0 Å². The zero-order valence-corrected chi connectivity index (χ0v) is 22.8. The molecule has 1 heterocycles. The number of urea groups is 1. The molecule has 202 valence electrons. The second-order valence-electron chi connectivity index (χ2n) is 11.2. The molecule has 1 fully saturated rings. The number of carbonyl (C=O) groups excluding carboxylic acids is 1. The van der Waals surface area contributed by atoms with E-state index in [2.05, 4.69) is 53.2 Å². The van der Waals surface area contributed by atoms with E-state index in [0.29, 0.717) is 28.7 Å². The fourth-order valence-corrected chi connectivity index (χ4v) is 5.49. The second kappa shape index (κ2) is 10.9. The molecule has 1 aromatic heterocycles. The van der Waals surface area contributed by atoms with Gasteiger partial charge in [-0.3, -0.25) is 14.8 Å². The summed E-state index contributed by atoms with van der Waals surface area (Å²) in [6, 6.07) is 11.0. The first-order chi connectivity index (χ1) is 18.7. The minimum atomic E-state index is -0.789. The fourth-order valence-electron chi connectivity index (χ4n) is 5.49. The molecule has 2 amide bonds. The van der Waals surface area contributed by atoms with Crippen LogP contribution in [0.15, 0.2) is 72.6 Å². The topological polar surface area (TPSA) is 107 Å². The van der Waals surface area contributed by atoms with Crippen LogP contribution in [-0.2, 0) is 4.79 Å². The number of carboxylic acids is 1. The SMILES string of the molecule is CC(C)CN(CC(C)C)c1ccc(C2C(C(=O)O)C2C2=CC=C2)cc1NC(=O)Nc1ccc2nccnc2c1. The molecular formula is C31H35N5O3. The van der Waals surface area contributed by atoms with Gasteiger partial charge >= 0.3 is 12.0 Å². The van der Waals surface area contributed by atoms with Gasteiger partial charge in [0.15, 0.2) is 0 Å². The molecule has 3 unspecified atom stereocenters. The van der Waals surface area contributed by atoms with E-state index < -0.39 is 11.9 Å². The maximum atomic E-state index is 13.2. The summed E-state index contributed by atoms with van der Waals surface area (Å²) in [7, 11) is 0. The number of fused-ring (bicyclic) bond motifs is 1. The van der Waals surface area contributed by atoms with E-state index in [9.17, 15) is 14.7 Å². The molecule has 0 saturated heterocycles. The maximum absolute atomic E-state index is 13.2. The van der Waals surface area contributed by atoms with Crippen LogP contribution >= 0.6 is 0 Å². The number of hydrogen-bond donors (Lipinski definition) is 3. The van der Waals surface area contributed by atoms with Crippen molar-refractivity contribution in [3.8, 4) is 0 Å². The smallest absolute Gasteiger partial charge is 0.323 e. The number of carbonyl (C=O) groups is 2. The number of allylic oxidation sites excluding steroid dienone is 4. The van der Waals surface area contributed by atoms with E-state index in [1.54, 1.807) is 24.5 Å². The monoisotopic (exact) mass is 525 g/mol. The summed E-state index contributed by atoms with van der Waals surface area (Å²) in [6.07, 6.45) is 9.17. The molecule has 0 spiro atoms. The number of nitrogens with one attached hydrogen (secondary N) is 2. The van der Waals surface area contributed by atoms with Gasteiger partial charge in [0.25, 0.3) is 0 Å². The van der Waals surface area contributed by atoms with E-state index >= 15 is 0 Å². The summed E-state index contributed by atoms with van der Waals surface area (Å²) >= 11 is 0. The van der Waals surface area contributed by atoms with Crippen LogP contribution in [0, 0.1) is 23.7 Å². The van der Waals surface area contributed by atoms with Crippen LogP contribution in [0.3, 0.4) is 0 Å². The van der Waals surface area contributed by atoms with Crippen LogP contribution in [0.4, 0.5) is 21.9 Å². The normalized spacial score (nSPS) is 19.5. The third-order valence-corrected chi connectivity index (χ3v) is 7.16. The molecule has 3 atom stereocenters. The van der Waals surface area contributed by atoms with Gasteiger partial charge < -0.3 is 20.6 Å². The molecule has 0 aliphatic heterocycles. The minimum absolute atomic E-state index is 0.0406. The van der Waals surface area contributed by atoms with Gasteiger partial charge in [0.1, 0.15) is 0 Å². The van der Waals surface area contributed by atoms with E-state index in [4.69, 9.17) is 0 Å². The van der Waals surface area contributed by atoms with Gasteiger partial charge in [-0.25, -0.2) is 4.79 Å². The summed E-state index contributed by atoms with van der Waals surface area (Å²) in [5, 5.41) is 15.9. The summed E-state index contributed by atoms with van der Waals surface area (Å²) in [5.74, 6) is -0.575. The number of hydrogen-bond acceptors (Lipinski definition) is 5. The highest BCUT2D eigenvalue weighted by Gasteiger charge is 2.57. The van der Waals surface area contributed by atoms with Crippen molar-refractivity contribution in [1.82, 2.24) is 9.97 Å². The van der Waals surface area contributed by atoms with Crippen molar-refractivity contribution in [1.29, 1.82) is 0 Å². The van der Waals surface area contributed by atoms with Crippen LogP contribution in [-0.4, -0.2) is 40.2 Å². The van der Waals surface area contributed by atoms with Crippen LogP contribution < -0.4 is 15.5 Å². The molecule has 3 aromatic rings. The van der Waals surface area contributed by atoms with Crippen molar-refractivity contribution in [2.24, 2.45) is 23.7 Å². The lowest BCUT2D eigenvalue weighted by Crippen LogP contribution is -2.32. The largest absolute Gasteiger partial charge is 0.481 e. The third kappa shape index (κ3) is 5.79. The van der Waals surface area contributed by atoms with Gasteiger partial charge in [-0.1, -0.05) is 52.0 Å². The van der Waals surface area contributed by atoms with Gasteiger partial charge in [0, 0.05) is 43.0 Å². The van der Waals surface area contributed by atoms with Gasteiger partial charge in [0.05, 0.1) is 28.3 Å². The molecular weight excluding hydrogens is 490 g/mol. The Morgan fingerprint density at radius 2 is 1.62 bits per heavy atom. The zero-order chi connectivity index (χ0) is 27.7. The first-order valence-electron chi connectivity index (χ1n) is 13.5. The fraction of sp³-hybridized carbons (Fsp3) is 0.355. The Labute approximate surface area is 228 Å². The molecule has 2 aliphatic carbocycles. The average molecular weight is 526 g/mol. The lowest BCUT2D eigenvalue weighted by molar-refractivity contribution is -0.138. The Hall–Kier alpha value is -4.20. The Morgan fingerprint density at radius 1 is 0.923 bits per heavy atom. The maximum Gasteiger partial charge on any atom is 0.323 e. The molecule has 8 nitrogen and oxygen atoms in total. The van der Waals surface area contributed by atoms with E-state index in [0.717, 1.165) is 35.4 Å². The molecule has 1 saturated carbocycles. The average Bonchev–Trinajstić information content (AvgIpc) is 3.57. The molecule has 5 rings (SSSR count). The number of nitrogens with zero attached hydrogens (tertiary/aromatic N) is 3. The molecule has 0 radical (unpaired) electrons. The number of aliphatic carboxylic acids is 1. The van der Waals surface area contributed by atoms with Crippen LogP contribution in [0.25, 0.3) is 11.0 Å². The second-order valence-corrected chi connectivity index (χ2v) is 11.2. The first-order valence-corrected chi connectivity index (χ1v) is 13.5. The van der Waals surface area contributed by atoms with Crippen molar-refractivity contribution in [2.75, 3.05) is 28.6 Å². The number of carboxylic acid groups (broad SMARTS) is 1. The summed E-state index contributed by atoms with van der Waals surface area (Å²) in [5.41, 5.74) is 5.63. The summed E-state index contributed by atoms with van der Waals surface area (Å²) < 4.78 is 0. The van der Waals surface area contributed by atoms with Gasteiger partial charge in [-0.2, -0.15) is 0 Å². The molecule has 3 N–H and O–H groups in total. The van der Waals surface area contributed by atoms with E-state index in [-0.39, 0.29) is 17.9 Å². The first kappa shape index (κ1) is 26.4. The van der Waals surface area contributed by atoms with Gasteiger partial charge in [0.2, 0.25) is 0 Å². The predicted octanol–water partition coefficient (Wildman–Crippen LogP) is 6.30. The van der Waals surface area contributed by atoms with Crippen molar-refractivity contribution in [3.63, 3.8) is 0 Å². The zero-order valence-electron chi connectivity index (χ0n) is 22.8. The molecule has 2 aromatic carbocycles. The third-order valence-electron chi connectivity index (χ3n) is 7.16. The van der Waals surface area contributed by atoms with E-state index in [1.165, 1.54) is 0 Å². The number of amides is 2. The molecule has 2 aliphatic rings. The minimum Gasteiger partial charge on any atom is -0.481 e. The van der Waals surface area contributed by atoms with Crippen LogP contribution in [0.2, 0.25) is 0 Å². The molecule has 8 heteroatoms. The van der Waals surface area contributed by atoms with Crippen molar-refractivity contribution in [2.45, 2.75) is 33.6 Å². The van der Waals surface area contributed by atoms with Gasteiger partial charge in [-0.15, -0.1) is 0 Å². The van der Waals surface area contributed by atoms with Crippen molar-refractivity contribution >= 4 is 40.1 Å². The Morgan fingerprint density at radius 3 is 2.23 bits per heavy atom. The van der Waals surface area contributed by atoms with Crippen LogP contribution in [0.1, 0.15) is 39.2 Å². The highest BCUT2D eigenvalue weighted by molar-refractivity contribution is 6.02. The quantitative estimate of drug-likeness (QED) is 0.287. The van der Waals surface area contributed by atoms with Gasteiger partial charge in [-0.05, 0) is 53.3 Å². The lowest BCUT2D eigenvalue weighted by Gasteiger charge is -2.31. The van der Waals surface area contributed by atoms with E-state index in [1.807, 2.05) is 42.5 Å². The number of anilines is 3. The lowest BCUT2D eigenvalue weighted by atomic mass is 9.98. The predicted molar refractivity (Wildman–Crippen MR) is 155 cm³/mol. The molecule has 0 bridgehead atoms. The standard InChI is InChI=1S/C31H35N5O3/c1-18(2)16-36(17-19(3)4)26-11-8-21(28-27(20-6-5-7-20)29(28)30(37)38)14-25(26)35-31(39)34-22-9-10-23-24(15-22)33-13-12-32-23/h5-15,18-19,27-29H,16-17H2,1-4H3,(H,37,38)(H2,34,35,39). The number of rotatable bonds is 10. The number of benzene rings is 2. The Balaban J connectivity index is 1.45. The number of aromatic nitrogens is 2.